The van der Waals surface area contributed by atoms with Gasteiger partial charge in [-0.3, -0.25) is 14.4 Å². The highest BCUT2D eigenvalue weighted by Crippen LogP contribution is 2.18. The first-order valence-corrected chi connectivity index (χ1v) is 30.3. The summed E-state index contributed by atoms with van der Waals surface area (Å²) in [6, 6.07) is 0. The summed E-state index contributed by atoms with van der Waals surface area (Å²) >= 11 is 0. The van der Waals surface area contributed by atoms with E-state index in [4.69, 9.17) is 14.2 Å². The van der Waals surface area contributed by atoms with Crippen LogP contribution in [0.3, 0.4) is 0 Å². The zero-order valence-corrected chi connectivity index (χ0v) is 47.0. The van der Waals surface area contributed by atoms with E-state index in [0.717, 1.165) is 135 Å². The molecule has 0 N–H and O–H groups in total. The summed E-state index contributed by atoms with van der Waals surface area (Å²) in [7, 11) is 0. The molecule has 0 saturated carbocycles. The van der Waals surface area contributed by atoms with Crippen molar-refractivity contribution in [3.8, 4) is 0 Å². The average molecular weight is 988 g/mol. The zero-order valence-electron chi connectivity index (χ0n) is 47.0. The fourth-order valence-corrected chi connectivity index (χ4v) is 9.66. The minimum Gasteiger partial charge on any atom is -0.462 e. The quantitative estimate of drug-likeness (QED) is 0.0359. The Morgan fingerprint density at radius 1 is 0.400 bits per heavy atom. The molecular weight excluding hydrogens is 873 g/mol. The average Bonchev–Trinajstić information content (AvgIpc) is 3.88. The van der Waals surface area contributed by atoms with Gasteiger partial charge in [-0.25, -0.2) is 4.98 Å². The summed E-state index contributed by atoms with van der Waals surface area (Å²) < 4.78 is 19.5. The van der Waals surface area contributed by atoms with Crippen molar-refractivity contribution in [1.29, 1.82) is 0 Å². The Hall–Kier alpha value is -2.46. The number of imidazole rings is 1. The SMILES string of the molecule is CCCCCC(CC)OC(=O)CCCCCCCCN(CCCCCCCCC(=O)OC(CC)CCCCC)CCCN(CCCCCCCCC(=O)OC(CC)CCCCC)CCCn1ccnc1. The molecular formula is C60H114N4O6. The van der Waals surface area contributed by atoms with Crippen LogP contribution >= 0.6 is 0 Å². The molecule has 0 aromatic carbocycles. The molecule has 1 heterocycles. The van der Waals surface area contributed by atoms with Gasteiger partial charge in [-0.15, -0.1) is 0 Å². The molecule has 10 heteroatoms. The molecule has 3 unspecified atom stereocenters. The van der Waals surface area contributed by atoms with Crippen molar-refractivity contribution in [3.05, 3.63) is 18.7 Å². The van der Waals surface area contributed by atoms with Crippen LogP contribution in [0.1, 0.15) is 286 Å². The number of aryl methyl sites for hydroxylation is 1. The summed E-state index contributed by atoms with van der Waals surface area (Å²) in [6.07, 6.45) is 47.4. The number of carbonyl (C=O) groups is 3. The lowest BCUT2D eigenvalue weighted by Crippen LogP contribution is -2.33. The van der Waals surface area contributed by atoms with Gasteiger partial charge >= 0.3 is 17.9 Å². The first kappa shape index (κ1) is 65.6. The van der Waals surface area contributed by atoms with Crippen molar-refractivity contribution < 1.29 is 28.6 Å². The lowest BCUT2D eigenvalue weighted by Gasteiger charge is -2.26. The van der Waals surface area contributed by atoms with Gasteiger partial charge in [0.1, 0.15) is 18.3 Å². The predicted octanol–water partition coefficient (Wildman–Crippen LogP) is 16.2. The summed E-state index contributed by atoms with van der Waals surface area (Å²) in [5.41, 5.74) is 0. The van der Waals surface area contributed by atoms with E-state index in [1.54, 1.807) is 0 Å². The van der Waals surface area contributed by atoms with Crippen molar-refractivity contribution >= 4 is 17.9 Å². The molecule has 0 amide bonds. The van der Waals surface area contributed by atoms with Crippen LogP contribution < -0.4 is 0 Å². The molecule has 0 radical (unpaired) electrons. The lowest BCUT2D eigenvalue weighted by atomic mass is 10.1. The van der Waals surface area contributed by atoms with Gasteiger partial charge in [-0.05, 0) is 148 Å². The molecule has 0 aliphatic rings. The molecule has 1 aromatic rings. The second kappa shape index (κ2) is 48.8. The van der Waals surface area contributed by atoms with Crippen LogP contribution in [0, 0.1) is 0 Å². The minimum atomic E-state index is -0.00522. The van der Waals surface area contributed by atoms with E-state index >= 15 is 0 Å². The first-order valence-electron chi connectivity index (χ1n) is 30.3. The molecule has 1 rings (SSSR count). The number of hydrogen-bond donors (Lipinski definition) is 0. The minimum absolute atomic E-state index is 0.00499. The molecule has 0 aliphatic carbocycles. The highest BCUT2D eigenvalue weighted by Gasteiger charge is 2.15. The Balaban J connectivity index is 2.57. The van der Waals surface area contributed by atoms with Gasteiger partial charge in [0, 0.05) is 38.2 Å². The molecule has 0 aliphatic heterocycles. The molecule has 0 saturated heterocycles. The van der Waals surface area contributed by atoms with Crippen molar-refractivity contribution in [1.82, 2.24) is 19.4 Å². The smallest absolute Gasteiger partial charge is 0.306 e. The largest absolute Gasteiger partial charge is 0.462 e. The molecule has 70 heavy (non-hydrogen) atoms. The van der Waals surface area contributed by atoms with E-state index in [0.29, 0.717) is 19.3 Å². The van der Waals surface area contributed by atoms with Crippen molar-refractivity contribution in [3.63, 3.8) is 0 Å². The van der Waals surface area contributed by atoms with Crippen molar-refractivity contribution in [2.75, 3.05) is 39.3 Å². The molecule has 3 atom stereocenters. The maximum absolute atomic E-state index is 12.5. The van der Waals surface area contributed by atoms with Crippen LogP contribution in [0.2, 0.25) is 0 Å². The van der Waals surface area contributed by atoms with E-state index < -0.39 is 0 Å². The van der Waals surface area contributed by atoms with Crippen LogP contribution in [0.5, 0.6) is 0 Å². The van der Waals surface area contributed by atoms with Gasteiger partial charge in [0.05, 0.1) is 6.33 Å². The normalized spacial score (nSPS) is 13.0. The maximum Gasteiger partial charge on any atom is 0.306 e. The third-order valence-corrected chi connectivity index (χ3v) is 14.4. The topological polar surface area (TPSA) is 103 Å². The van der Waals surface area contributed by atoms with E-state index in [9.17, 15) is 14.4 Å². The molecule has 1 aromatic heterocycles. The van der Waals surface area contributed by atoms with Crippen LogP contribution in [0.25, 0.3) is 0 Å². The standard InChI is InChI=1S/C60H114N4O6/c1-7-13-28-39-55(10-4)68-58(65)42-31-22-16-19-25-34-46-62(47-35-26-20-17-23-32-43-59(66)69-56(11-5)40-29-14-8-2)49-37-50-63(51-38-52-64-53-45-61-54-64)48-36-27-21-18-24-33-44-60(67)70-57(12-6)41-30-15-9-3/h45,53-57H,7-44,46-52H2,1-6H3. The van der Waals surface area contributed by atoms with Gasteiger partial charge in [0.2, 0.25) is 0 Å². The van der Waals surface area contributed by atoms with E-state index in [1.165, 1.54) is 135 Å². The Bertz CT molecular complexity index is 1250. The van der Waals surface area contributed by atoms with E-state index in [-0.39, 0.29) is 36.2 Å². The van der Waals surface area contributed by atoms with Gasteiger partial charge in [-0.1, -0.05) is 157 Å². The summed E-state index contributed by atoms with van der Waals surface area (Å²) in [6.45, 7) is 20.9. The van der Waals surface area contributed by atoms with Gasteiger partial charge < -0.3 is 28.6 Å². The van der Waals surface area contributed by atoms with Gasteiger partial charge in [0.15, 0.2) is 0 Å². The van der Waals surface area contributed by atoms with Crippen molar-refractivity contribution in [2.24, 2.45) is 0 Å². The maximum atomic E-state index is 12.5. The fourth-order valence-electron chi connectivity index (χ4n) is 9.66. The monoisotopic (exact) mass is 987 g/mol. The molecule has 10 nitrogen and oxygen atoms in total. The second-order valence-corrected chi connectivity index (χ2v) is 20.9. The number of aromatic nitrogens is 2. The second-order valence-electron chi connectivity index (χ2n) is 20.9. The number of hydrogen-bond acceptors (Lipinski definition) is 9. The summed E-state index contributed by atoms with van der Waals surface area (Å²) in [5.74, 6) is -0.0152. The van der Waals surface area contributed by atoms with Crippen LogP contribution in [-0.2, 0) is 35.1 Å². The van der Waals surface area contributed by atoms with Gasteiger partial charge in [0.25, 0.3) is 0 Å². The predicted molar refractivity (Wildman–Crippen MR) is 294 cm³/mol. The Labute approximate surface area is 432 Å². The van der Waals surface area contributed by atoms with E-state index in [2.05, 4.69) is 67.1 Å². The summed E-state index contributed by atoms with van der Waals surface area (Å²) in [5, 5.41) is 0. The zero-order chi connectivity index (χ0) is 51.0. The van der Waals surface area contributed by atoms with Crippen LogP contribution in [0.15, 0.2) is 18.7 Å². The Morgan fingerprint density at radius 3 is 1.03 bits per heavy atom. The fraction of sp³-hybridized carbons (Fsp3) is 0.900. The van der Waals surface area contributed by atoms with Crippen molar-refractivity contribution in [2.45, 2.75) is 310 Å². The molecule has 0 spiro atoms. The summed E-state index contributed by atoms with van der Waals surface area (Å²) in [4.78, 5) is 47.1. The Kier molecular flexibility index (Phi) is 45.7. The number of unbranched alkanes of at least 4 members (excludes halogenated alkanes) is 21. The molecule has 0 bridgehead atoms. The van der Waals surface area contributed by atoms with Gasteiger partial charge in [-0.2, -0.15) is 0 Å². The number of carbonyl (C=O) groups excluding carboxylic acids is 3. The Morgan fingerprint density at radius 2 is 0.714 bits per heavy atom. The van der Waals surface area contributed by atoms with E-state index in [1.807, 2.05) is 12.5 Å². The van der Waals surface area contributed by atoms with Crippen LogP contribution in [0.4, 0.5) is 0 Å². The highest BCUT2D eigenvalue weighted by molar-refractivity contribution is 5.70. The lowest BCUT2D eigenvalue weighted by molar-refractivity contribution is -0.150. The third kappa shape index (κ3) is 40.1. The highest BCUT2D eigenvalue weighted by atomic mass is 16.6. The number of esters is 3. The number of ether oxygens (including phenoxy) is 3. The van der Waals surface area contributed by atoms with Crippen LogP contribution in [-0.4, -0.2) is 94.8 Å². The molecule has 0 fully saturated rings. The molecule has 410 valence electrons. The first-order chi connectivity index (χ1) is 34.3. The number of nitrogens with zero attached hydrogens (tertiary/aromatic N) is 4. The number of rotatable bonds is 53. The third-order valence-electron chi connectivity index (χ3n) is 14.4.